The maximum Gasteiger partial charge on any atom is 0.137 e. The van der Waals surface area contributed by atoms with E-state index in [1.165, 1.54) is 16.7 Å². The van der Waals surface area contributed by atoms with Gasteiger partial charge >= 0.3 is 0 Å². The van der Waals surface area contributed by atoms with Gasteiger partial charge in [-0.25, -0.2) is 4.98 Å². The van der Waals surface area contributed by atoms with Gasteiger partial charge in [0.2, 0.25) is 0 Å². The molecular weight excluding hydrogens is 268 g/mol. The highest BCUT2D eigenvalue weighted by atomic mass is 35.5. The summed E-state index contributed by atoms with van der Waals surface area (Å²) < 4.78 is 2.10. The van der Waals surface area contributed by atoms with Gasteiger partial charge in [-0.2, -0.15) is 0 Å². The molecule has 1 aromatic carbocycles. The predicted molar refractivity (Wildman–Crippen MR) is 83.5 cm³/mol. The van der Waals surface area contributed by atoms with Crippen LogP contribution in [0.15, 0.2) is 42.6 Å². The summed E-state index contributed by atoms with van der Waals surface area (Å²) in [6.07, 6.45) is 2.92. The summed E-state index contributed by atoms with van der Waals surface area (Å²) in [7, 11) is 0. The van der Waals surface area contributed by atoms with Crippen molar-refractivity contribution in [2.45, 2.75) is 26.1 Å². The van der Waals surface area contributed by atoms with Gasteiger partial charge in [0.25, 0.3) is 0 Å². The molecular formula is C17H17ClN2. The van der Waals surface area contributed by atoms with E-state index < -0.39 is 0 Å². The minimum Gasteiger partial charge on any atom is -0.302 e. The van der Waals surface area contributed by atoms with E-state index in [1.807, 2.05) is 6.07 Å². The average Bonchev–Trinajstić information content (AvgIpc) is 2.75. The van der Waals surface area contributed by atoms with Gasteiger partial charge in [0.1, 0.15) is 5.65 Å². The van der Waals surface area contributed by atoms with Crippen molar-refractivity contribution < 1.29 is 0 Å². The first kappa shape index (κ1) is 13.2. The van der Waals surface area contributed by atoms with E-state index in [9.17, 15) is 0 Å². The number of fused-ring (bicyclic) bond motifs is 1. The zero-order valence-electron chi connectivity index (χ0n) is 11.7. The lowest BCUT2D eigenvalue weighted by atomic mass is 10.1. The molecule has 0 aliphatic heterocycles. The van der Waals surface area contributed by atoms with Crippen molar-refractivity contribution in [3.63, 3.8) is 0 Å². The van der Waals surface area contributed by atoms with Crippen molar-refractivity contribution in [3.05, 3.63) is 70.7 Å². The fraction of sp³-hybridized carbons (Fsp3) is 0.235. The molecule has 2 nitrogen and oxygen atoms in total. The van der Waals surface area contributed by atoms with E-state index in [2.05, 4.69) is 54.8 Å². The Morgan fingerprint density at radius 2 is 1.95 bits per heavy atom. The standard InChI is InChI=1S/C17H17ClN2/c1-12-4-3-5-14(8-12)9-15-16(10-18)20-11-13(2)6-7-17(20)19-15/h3-8,11H,9-10H2,1-2H3. The van der Waals surface area contributed by atoms with E-state index >= 15 is 0 Å². The molecule has 3 heteroatoms. The summed E-state index contributed by atoms with van der Waals surface area (Å²) in [4.78, 5) is 4.73. The van der Waals surface area contributed by atoms with Gasteiger partial charge in [0, 0.05) is 12.6 Å². The minimum absolute atomic E-state index is 0.478. The number of aryl methyl sites for hydroxylation is 2. The lowest BCUT2D eigenvalue weighted by Crippen LogP contribution is -1.96. The van der Waals surface area contributed by atoms with Crippen LogP contribution in [-0.4, -0.2) is 9.38 Å². The number of pyridine rings is 1. The molecule has 102 valence electrons. The third-order valence-electron chi connectivity index (χ3n) is 3.53. The Bertz CT molecular complexity index is 759. The van der Waals surface area contributed by atoms with Crippen LogP contribution in [0.25, 0.3) is 5.65 Å². The molecule has 0 saturated heterocycles. The molecule has 3 aromatic rings. The Labute approximate surface area is 124 Å². The highest BCUT2D eigenvalue weighted by molar-refractivity contribution is 6.17. The molecule has 0 atom stereocenters. The van der Waals surface area contributed by atoms with Crippen LogP contribution in [-0.2, 0) is 12.3 Å². The first-order valence-electron chi connectivity index (χ1n) is 6.75. The van der Waals surface area contributed by atoms with Gasteiger partial charge in [0.15, 0.2) is 0 Å². The summed E-state index contributed by atoms with van der Waals surface area (Å²) in [6, 6.07) is 12.7. The highest BCUT2D eigenvalue weighted by Crippen LogP contribution is 2.19. The van der Waals surface area contributed by atoms with Crippen LogP contribution >= 0.6 is 11.6 Å². The number of imidazole rings is 1. The first-order valence-corrected chi connectivity index (χ1v) is 7.29. The van der Waals surface area contributed by atoms with Crippen LogP contribution in [0.3, 0.4) is 0 Å². The monoisotopic (exact) mass is 284 g/mol. The van der Waals surface area contributed by atoms with Gasteiger partial charge in [-0.05, 0) is 31.0 Å². The fourth-order valence-corrected chi connectivity index (χ4v) is 2.83. The van der Waals surface area contributed by atoms with Crippen LogP contribution in [0.5, 0.6) is 0 Å². The second-order valence-corrected chi connectivity index (χ2v) is 5.51. The molecule has 0 radical (unpaired) electrons. The topological polar surface area (TPSA) is 17.3 Å². The maximum absolute atomic E-state index is 6.14. The number of alkyl halides is 1. The molecule has 0 fully saturated rings. The quantitative estimate of drug-likeness (QED) is 0.656. The van der Waals surface area contributed by atoms with Crippen LogP contribution in [0, 0.1) is 13.8 Å². The third kappa shape index (κ3) is 2.44. The Balaban J connectivity index is 2.07. The molecule has 0 aliphatic rings. The summed E-state index contributed by atoms with van der Waals surface area (Å²) >= 11 is 6.14. The Kier molecular flexibility index (Phi) is 3.49. The summed E-state index contributed by atoms with van der Waals surface area (Å²) in [6.45, 7) is 4.19. The fourth-order valence-electron chi connectivity index (χ4n) is 2.55. The number of halogens is 1. The molecule has 0 unspecified atom stereocenters. The zero-order chi connectivity index (χ0) is 14.1. The number of nitrogens with zero attached hydrogens (tertiary/aromatic N) is 2. The molecule has 0 amide bonds. The maximum atomic E-state index is 6.14. The highest BCUT2D eigenvalue weighted by Gasteiger charge is 2.11. The molecule has 3 rings (SSSR count). The summed E-state index contributed by atoms with van der Waals surface area (Å²) in [5.41, 5.74) is 6.88. The van der Waals surface area contributed by atoms with E-state index in [0.29, 0.717) is 5.88 Å². The molecule has 0 saturated carbocycles. The molecule has 0 N–H and O–H groups in total. The second-order valence-electron chi connectivity index (χ2n) is 5.24. The lowest BCUT2D eigenvalue weighted by molar-refractivity contribution is 1.02. The van der Waals surface area contributed by atoms with Crippen LogP contribution in [0.1, 0.15) is 28.1 Å². The predicted octanol–water partition coefficient (Wildman–Crippen LogP) is 4.28. The molecule has 2 heterocycles. The number of hydrogen-bond donors (Lipinski definition) is 0. The van der Waals surface area contributed by atoms with Crippen LogP contribution < -0.4 is 0 Å². The number of hydrogen-bond acceptors (Lipinski definition) is 1. The first-order chi connectivity index (χ1) is 9.67. The van der Waals surface area contributed by atoms with Gasteiger partial charge in [0.05, 0.1) is 17.3 Å². The van der Waals surface area contributed by atoms with Crippen LogP contribution in [0.4, 0.5) is 0 Å². The second kappa shape index (κ2) is 5.29. The summed E-state index contributed by atoms with van der Waals surface area (Å²) in [5, 5.41) is 0. The zero-order valence-corrected chi connectivity index (χ0v) is 12.5. The van der Waals surface area contributed by atoms with Crippen molar-refractivity contribution in [2.75, 3.05) is 0 Å². The van der Waals surface area contributed by atoms with Crippen molar-refractivity contribution >= 4 is 17.2 Å². The van der Waals surface area contributed by atoms with E-state index in [1.54, 1.807) is 0 Å². The van der Waals surface area contributed by atoms with Gasteiger partial charge in [-0.3, -0.25) is 0 Å². The van der Waals surface area contributed by atoms with Crippen molar-refractivity contribution in [3.8, 4) is 0 Å². The van der Waals surface area contributed by atoms with E-state index in [4.69, 9.17) is 16.6 Å². The molecule has 0 bridgehead atoms. The summed E-state index contributed by atoms with van der Waals surface area (Å²) in [5.74, 6) is 0.478. The van der Waals surface area contributed by atoms with Gasteiger partial charge in [-0.15, -0.1) is 11.6 Å². The average molecular weight is 285 g/mol. The molecule has 0 aliphatic carbocycles. The number of aromatic nitrogens is 2. The minimum atomic E-state index is 0.478. The number of benzene rings is 1. The Hall–Kier alpha value is -1.80. The lowest BCUT2D eigenvalue weighted by Gasteiger charge is -2.03. The smallest absolute Gasteiger partial charge is 0.137 e. The molecule has 0 spiro atoms. The Morgan fingerprint density at radius 1 is 1.10 bits per heavy atom. The van der Waals surface area contributed by atoms with E-state index in [-0.39, 0.29) is 0 Å². The normalized spacial score (nSPS) is 11.2. The van der Waals surface area contributed by atoms with Gasteiger partial charge in [-0.1, -0.05) is 35.9 Å². The molecule has 20 heavy (non-hydrogen) atoms. The van der Waals surface area contributed by atoms with Crippen molar-refractivity contribution in [1.29, 1.82) is 0 Å². The van der Waals surface area contributed by atoms with Crippen molar-refractivity contribution in [2.24, 2.45) is 0 Å². The van der Waals surface area contributed by atoms with Crippen molar-refractivity contribution in [1.82, 2.24) is 9.38 Å². The molecule has 2 aromatic heterocycles. The van der Waals surface area contributed by atoms with Crippen LogP contribution in [0.2, 0.25) is 0 Å². The number of rotatable bonds is 3. The van der Waals surface area contributed by atoms with E-state index in [0.717, 1.165) is 23.5 Å². The third-order valence-corrected chi connectivity index (χ3v) is 3.78. The largest absolute Gasteiger partial charge is 0.302 e. The SMILES string of the molecule is Cc1cccc(Cc2nc3ccc(C)cn3c2CCl)c1. The Morgan fingerprint density at radius 3 is 2.70 bits per heavy atom. The van der Waals surface area contributed by atoms with Gasteiger partial charge < -0.3 is 4.40 Å².